The summed E-state index contributed by atoms with van der Waals surface area (Å²) in [4.78, 5) is 1.55. The van der Waals surface area contributed by atoms with E-state index in [0.29, 0.717) is 17.0 Å². The molecule has 0 aliphatic rings. The Hall–Kier alpha value is -2.48. The summed E-state index contributed by atoms with van der Waals surface area (Å²) in [6.07, 6.45) is 1.81. The Labute approximate surface area is 132 Å². The largest absolute Gasteiger partial charge is 0.497 e. The summed E-state index contributed by atoms with van der Waals surface area (Å²) in [6, 6.07) is 7.76. The second-order valence-electron chi connectivity index (χ2n) is 4.73. The molecule has 0 aliphatic carbocycles. The Morgan fingerprint density at radius 2 is 2.05 bits per heavy atom. The van der Waals surface area contributed by atoms with Crippen LogP contribution in [0.5, 0.6) is 5.75 Å². The van der Waals surface area contributed by atoms with Crippen LogP contribution in [0.15, 0.2) is 30.5 Å². The molecule has 2 heterocycles. The van der Waals surface area contributed by atoms with Gasteiger partial charge in [0.15, 0.2) is 0 Å². The van der Waals surface area contributed by atoms with Crippen LogP contribution < -0.4 is 4.74 Å². The van der Waals surface area contributed by atoms with Crippen molar-refractivity contribution in [2.45, 2.75) is 20.0 Å². The summed E-state index contributed by atoms with van der Waals surface area (Å²) >= 11 is 5.37. The van der Waals surface area contributed by atoms with Crippen LogP contribution >= 0.6 is 12.2 Å². The number of nitrogens with one attached hydrogen (secondary N) is 1. The topological polar surface area (TPSA) is 73.5 Å². The Kier molecular flexibility index (Phi) is 4.01. The van der Waals surface area contributed by atoms with Gasteiger partial charge in [0, 0.05) is 12.7 Å². The smallest absolute Gasteiger partial charge is 0.209 e. The fraction of sp³-hybridized carbons (Fsp3) is 0.286. The molecular formula is C14H16N6OS. The number of nitrogens with zero attached hydrogens (tertiary/aromatic N) is 5. The zero-order valence-electron chi connectivity index (χ0n) is 12.4. The van der Waals surface area contributed by atoms with Gasteiger partial charge >= 0.3 is 0 Å². The Balaban J connectivity index is 1.81. The number of H-pyrrole nitrogens is 1. The van der Waals surface area contributed by atoms with Crippen molar-refractivity contribution in [2.24, 2.45) is 0 Å². The highest BCUT2D eigenvalue weighted by molar-refractivity contribution is 7.71. The van der Waals surface area contributed by atoms with Crippen molar-refractivity contribution in [3.05, 3.63) is 40.7 Å². The Bertz CT molecular complexity index is 816. The van der Waals surface area contributed by atoms with Crippen LogP contribution in [-0.4, -0.2) is 37.1 Å². The lowest BCUT2D eigenvalue weighted by Gasteiger charge is -2.02. The molecule has 0 saturated heterocycles. The molecule has 3 aromatic rings. The van der Waals surface area contributed by atoms with Gasteiger partial charge in [-0.3, -0.25) is 4.68 Å². The summed E-state index contributed by atoms with van der Waals surface area (Å²) in [5, 5.41) is 15.6. The average Bonchev–Trinajstić information content (AvgIpc) is 3.14. The minimum absolute atomic E-state index is 0.530. The van der Waals surface area contributed by atoms with Crippen molar-refractivity contribution in [3.63, 3.8) is 0 Å². The van der Waals surface area contributed by atoms with E-state index in [2.05, 4.69) is 20.5 Å². The van der Waals surface area contributed by atoms with Crippen LogP contribution in [0, 0.1) is 4.64 Å². The van der Waals surface area contributed by atoms with Gasteiger partial charge in [0.2, 0.25) is 5.82 Å². The van der Waals surface area contributed by atoms with Crippen LogP contribution in [0.4, 0.5) is 0 Å². The third-order valence-corrected chi connectivity index (χ3v) is 3.77. The number of methoxy groups -OCH3 is 1. The van der Waals surface area contributed by atoms with E-state index in [4.69, 9.17) is 17.0 Å². The van der Waals surface area contributed by atoms with Crippen molar-refractivity contribution in [2.75, 3.05) is 7.11 Å². The highest BCUT2D eigenvalue weighted by atomic mass is 32.1. The van der Waals surface area contributed by atoms with Crippen molar-refractivity contribution >= 4 is 12.2 Å². The third kappa shape index (κ3) is 2.77. The maximum atomic E-state index is 5.37. The van der Waals surface area contributed by atoms with E-state index in [9.17, 15) is 0 Å². The lowest BCUT2D eigenvalue weighted by Crippen LogP contribution is -2.04. The molecule has 0 radical (unpaired) electrons. The maximum Gasteiger partial charge on any atom is 0.209 e. The molecule has 0 amide bonds. The quantitative estimate of drug-likeness (QED) is 0.731. The van der Waals surface area contributed by atoms with Crippen molar-refractivity contribution < 1.29 is 4.74 Å². The average molecular weight is 316 g/mol. The second-order valence-corrected chi connectivity index (χ2v) is 5.11. The zero-order valence-corrected chi connectivity index (χ0v) is 13.2. The lowest BCUT2D eigenvalue weighted by atomic mass is 10.2. The number of aromatic nitrogens is 6. The zero-order chi connectivity index (χ0) is 15.5. The van der Waals surface area contributed by atoms with Crippen LogP contribution in [-0.2, 0) is 13.1 Å². The molecule has 0 aliphatic heterocycles. The molecule has 7 nitrogen and oxygen atoms in total. The minimum Gasteiger partial charge on any atom is -0.497 e. The molecule has 0 bridgehead atoms. The number of hydrogen-bond donors (Lipinski definition) is 1. The highest BCUT2D eigenvalue weighted by Gasteiger charge is 2.11. The number of hydrogen-bond acceptors (Lipinski definition) is 5. The molecule has 0 atom stereocenters. The van der Waals surface area contributed by atoms with Crippen LogP contribution in [0.2, 0.25) is 0 Å². The SMILES string of the molecule is CCn1[nH]cc(-c2nnn(Cc3ccc(OC)cc3)n2)c1=S. The van der Waals surface area contributed by atoms with Gasteiger partial charge in [-0.2, -0.15) is 4.80 Å². The van der Waals surface area contributed by atoms with Gasteiger partial charge in [-0.25, -0.2) is 0 Å². The van der Waals surface area contributed by atoms with Crippen molar-refractivity contribution in [1.29, 1.82) is 0 Å². The van der Waals surface area contributed by atoms with E-state index in [-0.39, 0.29) is 0 Å². The van der Waals surface area contributed by atoms with Gasteiger partial charge in [-0.05, 0) is 29.8 Å². The van der Waals surface area contributed by atoms with Gasteiger partial charge in [-0.1, -0.05) is 24.4 Å². The molecule has 0 fully saturated rings. The van der Waals surface area contributed by atoms with Gasteiger partial charge in [0.1, 0.15) is 10.4 Å². The number of aromatic amines is 1. The first-order valence-corrected chi connectivity index (χ1v) is 7.31. The third-order valence-electron chi connectivity index (χ3n) is 3.33. The fourth-order valence-electron chi connectivity index (χ4n) is 2.12. The minimum atomic E-state index is 0.530. The summed E-state index contributed by atoms with van der Waals surface area (Å²) in [5.74, 6) is 1.35. The van der Waals surface area contributed by atoms with E-state index in [1.807, 2.05) is 35.9 Å². The molecule has 0 unspecified atom stereocenters. The number of ether oxygens (including phenoxy) is 1. The van der Waals surface area contributed by atoms with Crippen LogP contribution in [0.25, 0.3) is 11.4 Å². The van der Waals surface area contributed by atoms with Gasteiger partial charge in [-0.15, -0.1) is 10.2 Å². The van der Waals surface area contributed by atoms with Gasteiger partial charge in [0.25, 0.3) is 0 Å². The summed E-state index contributed by atoms with van der Waals surface area (Å²) in [6.45, 7) is 3.34. The summed E-state index contributed by atoms with van der Waals surface area (Å²) in [5.41, 5.74) is 1.86. The van der Waals surface area contributed by atoms with E-state index >= 15 is 0 Å². The molecule has 22 heavy (non-hydrogen) atoms. The normalized spacial score (nSPS) is 10.8. The molecular weight excluding hydrogens is 300 g/mol. The standard InChI is InChI=1S/C14H16N6OS/c1-3-19-14(22)12(8-15-19)13-16-18-20(17-13)9-10-4-6-11(21-2)7-5-10/h4-8,15H,3,9H2,1-2H3. The maximum absolute atomic E-state index is 5.37. The molecule has 3 rings (SSSR count). The van der Waals surface area contributed by atoms with E-state index in [1.165, 1.54) is 0 Å². The van der Waals surface area contributed by atoms with Crippen molar-refractivity contribution in [3.8, 4) is 17.1 Å². The Morgan fingerprint density at radius 3 is 2.68 bits per heavy atom. The predicted molar refractivity (Wildman–Crippen MR) is 84.2 cm³/mol. The molecule has 0 saturated carbocycles. The fourth-order valence-corrected chi connectivity index (χ4v) is 2.45. The number of tetrazole rings is 1. The van der Waals surface area contributed by atoms with E-state index in [0.717, 1.165) is 23.4 Å². The molecule has 8 heteroatoms. The molecule has 0 spiro atoms. The molecule has 1 N–H and O–H groups in total. The van der Waals surface area contributed by atoms with Gasteiger partial charge < -0.3 is 9.84 Å². The summed E-state index contributed by atoms with van der Waals surface area (Å²) < 4.78 is 7.68. The second kappa shape index (κ2) is 6.10. The summed E-state index contributed by atoms with van der Waals surface area (Å²) in [7, 11) is 1.64. The monoisotopic (exact) mass is 316 g/mol. The van der Waals surface area contributed by atoms with Crippen LogP contribution in [0.3, 0.4) is 0 Å². The first kappa shape index (κ1) is 14.5. The lowest BCUT2D eigenvalue weighted by molar-refractivity contribution is 0.414. The van der Waals surface area contributed by atoms with E-state index in [1.54, 1.807) is 18.1 Å². The van der Waals surface area contributed by atoms with Gasteiger partial charge in [0.05, 0.1) is 19.2 Å². The Morgan fingerprint density at radius 1 is 1.27 bits per heavy atom. The number of benzene rings is 1. The number of aryl methyl sites for hydroxylation is 1. The molecule has 2 aromatic heterocycles. The van der Waals surface area contributed by atoms with Crippen LogP contribution in [0.1, 0.15) is 12.5 Å². The highest BCUT2D eigenvalue weighted by Crippen LogP contribution is 2.16. The number of rotatable bonds is 5. The first-order chi connectivity index (χ1) is 10.7. The first-order valence-electron chi connectivity index (χ1n) is 6.90. The molecule has 114 valence electrons. The van der Waals surface area contributed by atoms with E-state index < -0.39 is 0 Å². The van der Waals surface area contributed by atoms with Crippen molar-refractivity contribution in [1.82, 2.24) is 30.0 Å². The molecule has 1 aromatic carbocycles. The predicted octanol–water partition coefficient (Wildman–Crippen LogP) is 2.28.